The molecule has 10 nitrogen and oxygen atoms in total. The molecule has 11 aromatic heterocycles. The number of furan rings is 4. The fourth-order valence-corrected chi connectivity index (χ4v) is 17.9. The molecule has 0 aliphatic rings. The van der Waals surface area contributed by atoms with E-state index in [1.54, 1.807) is 0 Å². The molecule has 0 aliphatic heterocycles. The van der Waals surface area contributed by atoms with Crippen LogP contribution in [-0.2, 0) is 35.2 Å². The second-order valence-corrected chi connectivity index (χ2v) is 33.9. The lowest BCUT2D eigenvalue weighted by Crippen LogP contribution is -2.31. The van der Waals surface area contributed by atoms with E-state index in [9.17, 15) is 0 Å². The molecular weight excluding hydrogens is 1450 g/mol. The van der Waals surface area contributed by atoms with Crippen LogP contribution < -0.4 is 22.8 Å². The number of aryl methyl sites for hydroxylation is 16. The first kappa shape index (κ1) is 78.2. The van der Waals surface area contributed by atoms with Crippen LogP contribution in [0.5, 0.6) is 0 Å². The van der Waals surface area contributed by atoms with Gasteiger partial charge in [-0.25, -0.2) is 27.8 Å². The Kier molecular flexibility index (Phi) is 21.3. The van der Waals surface area contributed by atoms with Gasteiger partial charge < -0.3 is 17.7 Å². The quantitative estimate of drug-likeness (QED) is 0.148. The van der Waals surface area contributed by atoms with E-state index in [1.807, 2.05) is 24.3 Å². The standard InChI is InChI=1S/C23H24NO.C22H23N2O.2C21H20NO.C19H16NS/c1-14(2)17-10-11-24(5)20(13-17)22-16(4)7-9-19-18-8-6-15(3)12-21(18)25-23(19)22;1-13(2)16-10-11-24(5)19(12-16)20-14(3)6-8-17-18-9-7-15(4)23-22(18)25-21(17)20;2*1-13-5-7-16-17-8-6-15(3)20(21(17)23-19(16)12-13)18-11-14(2)9-10-22(18)4;1-13-10-11-15-14-7-3-4-9-17(14)21-19(15)18(13)16-8-5-6-12-20(16)2/h6-14H,1-5H3;6-13H,1-5H3;2*5-12H,1-4H3;3-12H,1-2H3/q5*+1. The third-order valence-corrected chi connectivity index (χ3v) is 24.5. The van der Waals surface area contributed by atoms with E-state index in [4.69, 9.17) is 17.7 Å². The van der Waals surface area contributed by atoms with Gasteiger partial charge in [0.25, 0.3) is 0 Å². The molecule has 0 fully saturated rings. The number of rotatable bonds is 7. The van der Waals surface area contributed by atoms with Crippen molar-refractivity contribution in [3.8, 4) is 56.3 Å². The van der Waals surface area contributed by atoms with Crippen LogP contribution in [0.2, 0.25) is 0 Å². The molecule has 117 heavy (non-hydrogen) atoms. The smallest absolute Gasteiger partial charge is 0.227 e. The Morgan fingerprint density at radius 3 is 1.04 bits per heavy atom. The number of nitrogens with zero attached hydrogens (tertiary/aromatic N) is 6. The van der Waals surface area contributed by atoms with Gasteiger partial charge in [-0.05, 0) is 197 Å². The number of aromatic nitrogens is 6. The molecular formula is C106H103N6O4S+5. The second-order valence-electron chi connectivity index (χ2n) is 32.8. The number of hydrogen-bond donors (Lipinski definition) is 0. The molecule has 11 heterocycles. The van der Waals surface area contributed by atoms with Gasteiger partial charge in [-0.1, -0.05) is 143 Å². The lowest BCUT2D eigenvalue weighted by Gasteiger charge is -2.09. The number of benzene rings is 9. The maximum Gasteiger partial charge on any atom is 0.227 e. The topological polar surface area (TPSA) is 84.8 Å². The summed E-state index contributed by atoms with van der Waals surface area (Å²) in [5.41, 5.74) is 35.6. The first-order chi connectivity index (χ1) is 56.2. The Balaban J connectivity index is 0.000000110. The van der Waals surface area contributed by atoms with E-state index in [0.717, 1.165) is 61.1 Å². The minimum atomic E-state index is 0.486. The molecule has 0 saturated carbocycles. The van der Waals surface area contributed by atoms with Gasteiger partial charge in [0.1, 0.15) is 68.7 Å². The first-order valence-electron chi connectivity index (χ1n) is 40.6. The SMILES string of the molecule is Cc1cc[n+](C)c(-c2c(C)ccc3c2oc2cc(C)ccc23)c1.Cc1cc[n+](C)c(-c2c(C)ccc3c2oc2cc(C)ccc23)c1.Cc1ccc2c(c1)oc1c(-c3cc(C(C)C)cc[n+]3C)c(C)ccc12.Cc1ccc2c(n1)oc1c(-c3cc(C(C)C)cc[n+]3C)c(C)ccc12.Cc1ccc2c(sc3ccccc32)c1-c1cccc[n+]1C. The number of hydrogen-bond acceptors (Lipinski definition) is 6. The maximum atomic E-state index is 6.34. The van der Waals surface area contributed by atoms with Crippen molar-refractivity contribution in [3.63, 3.8) is 0 Å². The summed E-state index contributed by atoms with van der Waals surface area (Å²) in [4.78, 5) is 4.57. The third kappa shape index (κ3) is 14.9. The molecule has 582 valence electrons. The number of pyridine rings is 6. The molecule has 0 spiro atoms. The Morgan fingerprint density at radius 2 is 0.615 bits per heavy atom. The maximum absolute atomic E-state index is 6.34. The van der Waals surface area contributed by atoms with Gasteiger partial charge in [0.15, 0.2) is 36.6 Å². The molecule has 11 heteroatoms. The summed E-state index contributed by atoms with van der Waals surface area (Å²) in [6, 6.07) is 78.1. The summed E-state index contributed by atoms with van der Waals surface area (Å²) in [6.45, 7) is 32.2. The third-order valence-electron chi connectivity index (χ3n) is 23.3. The fraction of sp³-hybridized carbons (Fsp3) is 0.208. The zero-order valence-corrected chi connectivity index (χ0v) is 71.9. The molecule has 0 amide bonds. The zero-order valence-electron chi connectivity index (χ0n) is 71.1. The van der Waals surface area contributed by atoms with Crippen LogP contribution in [0.3, 0.4) is 0 Å². The highest BCUT2D eigenvalue weighted by molar-refractivity contribution is 7.26. The molecule has 0 atom stereocenters. The van der Waals surface area contributed by atoms with Crippen LogP contribution >= 0.6 is 11.3 Å². The summed E-state index contributed by atoms with van der Waals surface area (Å²) < 4.78 is 38.8. The van der Waals surface area contributed by atoms with Gasteiger partial charge in [-0.3, -0.25) is 0 Å². The van der Waals surface area contributed by atoms with E-state index in [0.29, 0.717) is 17.5 Å². The van der Waals surface area contributed by atoms with E-state index >= 15 is 0 Å². The highest BCUT2D eigenvalue weighted by Gasteiger charge is 2.27. The fourth-order valence-electron chi connectivity index (χ4n) is 16.5. The lowest BCUT2D eigenvalue weighted by molar-refractivity contribution is -0.660. The molecule has 20 rings (SSSR count). The zero-order chi connectivity index (χ0) is 82.1. The van der Waals surface area contributed by atoms with Gasteiger partial charge >= 0.3 is 0 Å². The van der Waals surface area contributed by atoms with Gasteiger partial charge in [-0.2, -0.15) is 0 Å². The summed E-state index contributed by atoms with van der Waals surface area (Å²) >= 11 is 1.89. The highest BCUT2D eigenvalue weighted by Crippen LogP contribution is 2.44. The largest absolute Gasteiger partial charge is 0.455 e. The number of thiophene rings is 1. The monoisotopic (exact) mass is 1560 g/mol. The minimum absolute atomic E-state index is 0.486. The van der Waals surface area contributed by atoms with Crippen molar-refractivity contribution in [2.45, 2.75) is 116 Å². The Bertz CT molecular complexity index is 6950. The van der Waals surface area contributed by atoms with Gasteiger partial charge in [0, 0.05) is 130 Å². The first-order valence-corrected chi connectivity index (χ1v) is 41.4. The predicted octanol–water partition coefficient (Wildman–Crippen LogP) is 25.9. The van der Waals surface area contributed by atoms with Crippen molar-refractivity contribution < 1.29 is 40.5 Å². The molecule has 0 saturated heterocycles. The molecule has 0 aliphatic carbocycles. The minimum Gasteiger partial charge on any atom is -0.455 e. The van der Waals surface area contributed by atoms with Crippen molar-refractivity contribution in [1.29, 1.82) is 0 Å². The summed E-state index contributed by atoms with van der Waals surface area (Å²) in [5.74, 6) is 0.984. The van der Waals surface area contributed by atoms with Crippen LogP contribution in [0.4, 0.5) is 0 Å². The highest BCUT2D eigenvalue weighted by atomic mass is 32.1. The number of fused-ring (bicyclic) bond motifs is 15. The predicted molar refractivity (Wildman–Crippen MR) is 485 cm³/mol. The van der Waals surface area contributed by atoms with Crippen LogP contribution in [0.25, 0.3) is 164 Å². The Hall–Kier alpha value is -12.7. The normalized spacial score (nSPS) is 11.6. The van der Waals surface area contributed by atoms with Crippen LogP contribution in [0.15, 0.2) is 267 Å². The lowest BCUT2D eigenvalue weighted by atomic mass is 9.97. The van der Waals surface area contributed by atoms with Gasteiger partial charge in [0.2, 0.25) is 34.2 Å². The van der Waals surface area contributed by atoms with E-state index in [-0.39, 0.29) is 0 Å². The van der Waals surface area contributed by atoms with Crippen LogP contribution in [0, 0.1) is 76.2 Å². The van der Waals surface area contributed by atoms with Gasteiger partial charge in [-0.15, -0.1) is 11.3 Å². The molecule has 9 aromatic carbocycles. The van der Waals surface area contributed by atoms with Crippen molar-refractivity contribution in [2.24, 2.45) is 35.2 Å². The molecule has 0 unspecified atom stereocenters. The van der Waals surface area contributed by atoms with Crippen LogP contribution in [0.1, 0.15) is 112 Å². The van der Waals surface area contributed by atoms with E-state index in [1.165, 1.54) is 170 Å². The Morgan fingerprint density at radius 1 is 0.274 bits per heavy atom. The van der Waals surface area contributed by atoms with Crippen molar-refractivity contribution in [2.75, 3.05) is 0 Å². The van der Waals surface area contributed by atoms with E-state index < -0.39 is 0 Å². The Labute approximate surface area is 689 Å². The average molecular weight is 1560 g/mol. The second kappa shape index (κ2) is 31.8. The molecule has 0 N–H and O–H groups in total. The summed E-state index contributed by atoms with van der Waals surface area (Å²) in [7, 11) is 10.5. The van der Waals surface area contributed by atoms with Crippen molar-refractivity contribution in [1.82, 2.24) is 4.98 Å². The van der Waals surface area contributed by atoms with Crippen molar-refractivity contribution in [3.05, 3.63) is 322 Å². The average Bonchev–Trinajstić information content (AvgIpc) is 1.65. The summed E-state index contributed by atoms with van der Waals surface area (Å²) in [5, 5.41) is 12.0. The van der Waals surface area contributed by atoms with Crippen LogP contribution in [-0.4, -0.2) is 4.98 Å². The molecule has 0 radical (unpaired) electrons. The van der Waals surface area contributed by atoms with E-state index in [2.05, 4.69) is 403 Å². The van der Waals surface area contributed by atoms with Gasteiger partial charge in [0.05, 0.1) is 27.8 Å². The van der Waals surface area contributed by atoms with Crippen molar-refractivity contribution >= 4 is 119 Å². The summed E-state index contributed by atoms with van der Waals surface area (Å²) in [6.07, 6.45) is 10.6. The molecule has 0 bridgehead atoms. The molecule has 20 aromatic rings.